The smallest absolute Gasteiger partial charge is 0.0645 e. The fraction of sp³-hybridized carbons (Fsp3) is 0.600. The first kappa shape index (κ1) is 15.4. The highest BCUT2D eigenvalue weighted by Gasteiger charge is 2.40. The first-order valence-corrected chi connectivity index (χ1v) is 9.10. The Morgan fingerprint density at radius 2 is 1.91 bits per heavy atom. The number of likely N-dealkylation sites (tertiary alicyclic amines) is 1. The Bertz CT molecular complexity index is 544. The van der Waals surface area contributed by atoms with Gasteiger partial charge < -0.3 is 10.1 Å². The molecule has 1 N–H and O–H groups in total. The van der Waals surface area contributed by atoms with Crippen LogP contribution in [0.15, 0.2) is 35.9 Å². The number of piperidine rings is 1. The van der Waals surface area contributed by atoms with Crippen molar-refractivity contribution in [2.75, 3.05) is 26.3 Å². The van der Waals surface area contributed by atoms with E-state index in [0.29, 0.717) is 18.1 Å². The first-order valence-electron chi connectivity index (χ1n) is 9.10. The minimum absolute atomic E-state index is 0.707. The molecule has 0 bridgehead atoms. The molecule has 2 aliphatic heterocycles. The van der Waals surface area contributed by atoms with Gasteiger partial charge >= 0.3 is 0 Å². The maximum atomic E-state index is 5.32. The molecule has 1 aromatic carbocycles. The quantitative estimate of drug-likeness (QED) is 0.905. The third-order valence-corrected chi connectivity index (χ3v) is 5.69. The van der Waals surface area contributed by atoms with Crippen LogP contribution in [0.25, 0.3) is 6.08 Å². The standard InChI is InChI=1S/C20H28N2O/c1-15(11-16-5-3-2-4-6-16)19-12-20(19)21-17-7-9-22(10-8-17)18-13-23-14-18/h2-6,11,17-21H,7-10,12-14H2,1H3/t19?,20-/m0/s1. The summed E-state index contributed by atoms with van der Waals surface area (Å²) in [6.07, 6.45) is 6.25. The van der Waals surface area contributed by atoms with Crippen molar-refractivity contribution in [1.29, 1.82) is 0 Å². The second-order valence-electron chi connectivity index (χ2n) is 7.42. The van der Waals surface area contributed by atoms with E-state index in [9.17, 15) is 0 Å². The third kappa shape index (κ3) is 3.68. The van der Waals surface area contributed by atoms with Gasteiger partial charge in [-0.3, -0.25) is 4.90 Å². The average molecular weight is 312 g/mol. The van der Waals surface area contributed by atoms with Crippen molar-refractivity contribution in [2.45, 2.75) is 44.3 Å². The highest BCUT2D eigenvalue weighted by molar-refractivity contribution is 5.53. The van der Waals surface area contributed by atoms with Crippen molar-refractivity contribution in [3.63, 3.8) is 0 Å². The monoisotopic (exact) mass is 312 g/mol. The van der Waals surface area contributed by atoms with E-state index in [-0.39, 0.29) is 0 Å². The lowest BCUT2D eigenvalue weighted by Crippen LogP contribution is -2.54. The number of ether oxygens (including phenoxy) is 1. The van der Waals surface area contributed by atoms with Crippen LogP contribution in [-0.4, -0.2) is 49.3 Å². The van der Waals surface area contributed by atoms with Gasteiger partial charge in [-0.2, -0.15) is 0 Å². The van der Waals surface area contributed by atoms with Crippen LogP contribution < -0.4 is 5.32 Å². The van der Waals surface area contributed by atoms with Gasteiger partial charge in [0.25, 0.3) is 0 Å². The van der Waals surface area contributed by atoms with Crippen LogP contribution in [0.4, 0.5) is 0 Å². The zero-order chi connectivity index (χ0) is 15.6. The maximum Gasteiger partial charge on any atom is 0.0645 e. The summed E-state index contributed by atoms with van der Waals surface area (Å²) in [6, 6.07) is 12.8. The molecule has 1 unspecified atom stereocenters. The summed E-state index contributed by atoms with van der Waals surface area (Å²) < 4.78 is 5.32. The third-order valence-electron chi connectivity index (χ3n) is 5.69. The summed E-state index contributed by atoms with van der Waals surface area (Å²) in [5.41, 5.74) is 2.85. The number of hydrogen-bond donors (Lipinski definition) is 1. The predicted molar refractivity (Wildman–Crippen MR) is 94.3 cm³/mol. The van der Waals surface area contributed by atoms with Crippen LogP contribution >= 0.6 is 0 Å². The Kier molecular flexibility index (Phi) is 4.52. The lowest BCUT2D eigenvalue weighted by atomic mass is 10.0. The molecule has 2 atom stereocenters. The molecule has 1 aromatic rings. The molecule has 3 fully saturated rings. The Balaban J connectivity index is 1.23. The van der Waals surface area contributed by atoms with Gasteiger partial charge in [0.1, 0.15) is 0 Å². The first-order chi connectivity index (χ1) is 11.3. The largest absolute Gasteiger partial charge is 0.378 e. The van der Waals surface area contributed by atoms with E-state index < -0.39 is 0 Å². The van der Waals surface area contributed by atoms with Gasteiger partial charge in [-0.15, -0.1) is 0 Å². The molecule has 0 amide bonds. The highest BCUT2D eigenvalue weighted by Crippen LogP contribution is 2.38. The summed E-state index contributed by atoms with van der Waals surface area (Å²) >= 11 is 0. The zero-order valence-corrected chi connectivity index (χ0v) is 14.1. The number of nitrogens with one attached hydrogen (secondary N) is 1. The summed E-state index contributed by atoms with van der Waals surface area (Å²) in [5, 5.41) is 3.91. The normalized spacial score (nSPS) is 30.2. The summed E-state index contributed by atoms with van der Waals surface area (Å²) in [6.45, 7) is 6.67. The van der Waals surface area contributed by atoms with Crippen LogP contribution in [0.1, 0.15) is 31.7 Å². The van der Waals surface area contributed by atoms with Crippen LogP contribution in [0.5, 0.6) is 0 Å². The van der Waals surface area contributed by atoms with Crippen molar-refractivity contribution in [3.8, 4) is 0 Å². The van der Waals surface area contributed by atoms with E-state index in [1.807, 2.05) is 0 Å². The Morgan fingerprint density at radius 3 is 2.57 bits per heavy atom. The van der Waals surface area contributed by atoms with E-state index in [0.717, 1.165) is 19.1 Å². The average Bonchev–Trinajstić information content (AvgIpc) is 3.28. The van der Waals surface area contributed by atoms with Crippen molar-refractivity contribution in [2.24, 2.45) is 5.92 Å². The Hall–Kier alpha value is -1.16. The molecular weight excluding hydrogens is 284 g/mol. The van der Waals surface area contributed by atoms with E-state index in [4.69, 9.17) is 4.74 Å². The van der Waals surface area contributed by atoms with E-state index in [1.54, 1.807) is 0 Å². The molecule has 0 spiro atoms. The molecule has 23 heavy (non-hydrogen) atoms. The van der Waals surface area contributed by atoms with Gasteiger partial charge in [0.15, 0.2) is 0 Å². The molecule has 0 aromatic heterocycles. The van der Waals surface area contributed by atoms with Crippen molar-refractivity contribution >= 4 is 6.08 Å². The van der Waals surface area contributed by atoms with Crippen molar-refractivity contribution in [3.05, 3.63) is 41.5 Å². The molecule has 3 heteroatoms. The van der Waals surface area contributed by atoms with Crippen LogP contribution in [0.3, 0.4) is 0 Å². The molecule has 0 radical (unpaired) electrons. The zero-order valence-electron chi connectivity index (χ0n) is 14.1. The van der Waals surface area contributed by atoms with Crippen LogP contribution in [0.2, 0.25) is 0 Å². The fourth-order valence-corrected chi connectivity index (χ4v) is 3.97. The fourth-order valence-electron chi connectivity index (χ4n) is 3.97. The highest BCUT2D eigenvalue weighted by atomic mass is 16.5. The molecule has 3 aliphatic rings. The molecule has 4 rings (SSSR count). The second kappa shape index (κ2) is 6.76. The molecule has 1 saturated carbocycles. The van der Waals surface area contributed by atoms with Crippen LogP contribution in [-0.2, 0) is 4.74 Å². The molecule has 3 nitrogen and oxygen atoms in total. The number of benzene rings is 1. The molecule has 2 saturated heterocycles. The van der Waals surface area contributed by atoms with Gasteiger partial charge in [-0.1, -0.05) is 42.0 Å². The topological polar surface area (TPSA) is 24.5 Å². The van der Waals surface area contributed by atoms with Gasteiger partial charge in [0.2, 0.25) is 0 Å². The van der Waals surface area contributed by atoms with Gasteiger partial charge in [0, 0.05) is 25.2 Å². The Morgan fingerprint density at radius 1 is 1.17 bits per heavy atom. The number of hydrogen-bond acceptors (Lipinski definition) is 3. The summed E-state index contributed by atoms with van der Waals surface area (Å²) in [5.74, 6) is 0.744. The lowest BCUT2D eigenvalue weighted by molar-refractivity contribution is -0.0719. The van der Waals surface area contributed by atoms with Gasteiger partial charge in [-0.25, -0.2) is 0 Å². The predicted octanol–water partition coefficient (Wildman–Crippen LogP) is 2.93. The van der Waals surface area contributed by atoms with Crippen molar-refractivity contribution < 1.29 is 4.74 Å². The lowest BCUT2D eigenvalue weighted by Gasteiger charge is -2.41. The van der Waals surface area contributed by atoms with E-state index in [1.165, 1.54) is 43.5 Å². The Labute approximate surface area is 139 Å². The molecular formula is C20H28N2O. The molecule has 2 heterocycles. The number of nitrogens with zero attached hydrogens (tertiary/aromatic N) is 1. The minimum atomic E-state index is 0.707. The maximum absolute atomic E-state index is 5.32. The van der Waals surface area contributed by atoms with Gasteiger partial charge in [0.05, 0.1) is 19.3 Å². The second-order valence-corrected chi connectivity index (χ2v) is 7.42. The summed E-state index contributed by atoms with van der Waals surface area (Å²) in [4.78, 5) is 2.62. The van der Waals surface area contributed by atoms with E-state index in [2.05, 4.69) is 53.5 Å². The van der Waals surface area contributed by atoms with Crippen LogP contribution in [0, 0.1) is 5.92 Å². The van der Waals surface area contributed by atoms with Gasteiger partial charge in [-0.05, 0) is 37.7 Å². The number of rotatable bonds is 5. The minimum Gasteiger partial charge on any atom is -0.378 e. The molecule has 124 valence electrons. The SMILES string of the molecule is CC(=Cc1ccccc1)C1C[C@@H]1NC1CCN(C2COC2)CC1. The molecule has 1 aliphatic carbocycles. The summed E-state index contributed by atoms with van der Waals surface area (Å²) in [7, 11) is 0. The van der Waals surface area contributed by atoms with E-state index >= 15 is 0 Å². The van der Waals surface area contributed by atoms with Crippen molar-refractivity contribution in [1.82, 2.24) is 10.2 Å².